The summed E-state index contributed by atoms with van der Waals surface area (Å²) in [6, 6.07) is 0. The van der Waals surface area contributed by atoms with Crippen molar-refractivity contribution in [1.82, 2.24) is 5.32 Å². The minimum atomic E-state index is -4.88. The number of carbonyl (C=O) groups is 2. The third-order valence-electron chi connectivity index (χ3n) is 11.2. The van der Waals surface area contributed by atoms with Gasteiger partial charge in [0.15, 0.2) is 0 Å². The van der Waals surface area contributed by atoms with Gasteiger partial charge < -0.3 is 10.4 Å². The lowest BCUT2D eigenvalue weighted by Gasteiger charge is -2.62. The smallest absolute Gasteiger partial charge is 0.397 e. The third kappa shape index (κ3) is 6.67. The lowest BCUT2D eigenvalue weighted by Crippen LogP contribution is -2.57. The number of rotatable bonds is 10. The summed E-state index contributed by atoms with van der Waals surface area (Å²) in [6.07, 6.45) is 4.72. The van der Waals surface area contributed by atoms with Crippen molar-refractivity contribution in [2.75, 3.05) is 6.54 Å². The second-order valence-electron chi connectivity index (χ2n) is 13.1. The molecule has 0 aromatic rings. The highest BCUT2D eigenvalue weighted by molar-refractivity contribution is 7.81. The Balaban J connectivity index is 1.48. The second-order valence-corrected chi connectivity index (χ2v) is 15.2. The number of nitrogens with one attached hydrogen (secondary N) is 1. The standard InChI is InChI=1S/C26H43NO11S2/c1-15(4-9-23(28)27-14-24(29)30)18-7-8-19-17-6-5-16-12-21(37-39(31,32)33)22(38-40(34,35)36)13-26(16,3)20(17)10-11-25(18,19)2/h15-22H,4-14H2,1-3H3,(H,27,28)(H,29,30)(H,31,32,33)(H,34,35,36)/t15-,16+,17+,18-,19+,20+,21+,22+,25-,26+/m1/s1. The zero-order valence-electron chi connectivity index (χ0n) is 23.3. The van der Waals surface area contributed by atoms with Gasteiger partial charge in [0.2, 0.25) is 5.91 Å². The van der Waals surface area contributed by atoms with Crippen LogP contribution in [0.2, 0.25) is 0 Å². The Bertz CT molecular complexity index is 1190. The van der Waals surface area contributed by atoms with Crippen LogP contribution in [0, 0.1) is 46.3 Å². The van der Waals surface area contributed by atoms with Gasteiger partial charge in [-0.3, -0.25) is 18.7 Å². The Kier molecular flexibility index (Phi) is 9.01. The minimum Gasteiger partial charge on any atom is -0.480 e. The Labute approximate surface area is 236 Å². The molecule has 0 unspecified atom stereocenters. The maximum Gasteiger partial charge on any atom is 0.397 e. The molecule has 0 aromatic heterocycles. The fraction of sp³-hybridized carbons (Fsp3) is 0.923. The van der Waals surface area contributed by atoms with Crippen LogP contribution in [-0.4, -0.2) is 61.7 Å². The van der Waals surface area contributed by atoms with Gasteiger partial charge >= 0.3 is 26.8 Å². The summed E-state index contributed by atoms with van der Waals surface area (Å²) >= 11 is 0. The minimum absolute atomic E-state index is 0.0477. The summed E-state index contributed by atoms with van der Waals surface area (Å²) in [6.45, 7) is 6.28. The molecule has 4 fully saturated rings. The molecule has 4 aliphatic rings. The number of carbonyl (C=O) groups excluding carboxylic acids is 1. The normalized spacial score (nSPS) is 40.4. The van der Waals surface area contributed by atoms with Gasteiger partial charge in [0.25, 0.3) is 0 Å². The van der Waals surface area contributed by atoms with Gasteiger partial charge in [-0.2, -0.15) is 16.8 Å². The van der Waals surface area contributed by atoms with E-state index < -0.39 is 39.0 Å². The quantitative estimate of drug-likeness (QED) is 0.266. The molecule has 0 aromatic carbocycles. The fourth-order valence-corrected chi connectivity index (χ4v) is 10.6. The Morgan fingerprint density at radius 3 is 2.17 bits per heavy atom. The van der Waals surface area contributed by atoms with E-state index in [2.05, 4.69) is 26.1 Å². The maximum absolute atomic E-state index is 12.1. The molecule has 1 amide bonds. The van der Waals surface area contributed by atoms with Crippen LogP contribution in [-0.2, 0) is 38.8 Å². The van der Waals surface area contributed by atoms with E-state index in [-0.39, 0.29) is 48.0 Å². The summed E-state index contributed by atoms with van der Waals surface area (Å²) in [4.78, 5) is 22.8. The predicted molar refractivity (Wildman–Crippen MR) is 142 cm³/mol. The number of hydrogen-bond acceptors (Lipinski definition) is 8. The average Bonchev–Trinajstić information content (AvgIpc) is 3.17. The first-order valence-electron chi connectivity index (χ1n) is 14.2. The van der Waals surface area contributed by atoms with Crippen LogP contribution in [0.1, 0.15) is 85.0 Å². The van der Waals surface area contributed by atoms with Crippen molar-refractivity contribution in [3.63, 3.8) is 0 Å². The SMILES string of the molecule is C[C@H](CCC(=O)NCC(=O)O)[C@H]1CC[C@H]2[C@@H]3CC[C@H]4C[C@H](OS(=O)(=O)O)[C@@H](OS(=O)(=O)O)C[C@]4(C)[C@H]3CC[C@]12C. The third-order valence-corrected chi connectivity index (χ3v) is 12.1. The van der Waals surface area contributed by atoms with E-state index in [9.17, 15) is 35.5 Å². The molecule has 10 atom stereocenters. The molecular formula is C26H43NO11S2. The van der Waals surface area contributed by atoms with Crippen molar-refractivity contribution in [2.24, 2.45) is 46.3 Å². The first kappa shape index (κ1) is 31.6. The largest absolute Gasteiger partial charge is 0.480 e. The zero-order valence-corrected chi connectivity index (χ0v) is 25.0. The molecule has 0 radical (unpaired) electrons. The lowest BCUT2D eigenvalue weighted by atomic mass is 9.44. The molecule has 0 spiro atoms. The first-order chi connectivity index (χ1) is 18.4. The van der Waals surface area contributed by atoms with E-state index >= 15 is 0 Å². The Morgan fingerprint density at radius 1 is 0.925 bits per heavy atom. The molecule has 0 heterocycles. The summed E-state index contributed by atoms with van der Waals surface area (Å²) in [5.41, 5.74) is -0.262. The lowest BCUT2D eigenvalue weighted by molar-refractivity contribution is -0.152. The van der Waals surface area contributed by atoms with Crippen LogP contribution in [0.15, 0.2) is 0 Å². The number of amides is 1. The summed E-state index contributed by atoms with van der Waals surface area (Å²) in [5, 5.41) is 11.2. The fourth-order valence-electron chi connectivity index (χ4n) is 9.54. The highest BCUT2D eigenvalue weighted by atomic mass is 32.3. The van der Waals surface area contributed by atoms with Gasteiger partial charge in [-0.15, -0.1) is 0 Å². The molecule has 0 aliphatic heterocycles. The van der Waals surface area contributed by atoms with E-state index in [1.165, 1.54) is 0 Å². The highest BCUT2D eigenvalue weighted by Crippen LogP contribution is 2.68. The number of fused-ring (bicyclic) bond motifs is 5. The zero-order chi connectivity index (χ0) is 29.7. The molecule has 12 nitrogen and oxygen atoms in total. The second kappa shape index (κ2) is 11.4. The topological polar surface area (TPSA) is 194 Å². The van der Waals surface area contributed by atoms with Crippen LogP contribution in [0.3, 0.4) is 0 Å². The summed E-state index contributed by atoms with van der Waals surface area (Å²) in [7, 11) is -9.73. The van der Waals surface area contributed by atoms with Crippen molar-refractivity contribution in [2.45, 2.75) is 97.2 Å². The molecule has 40 heavy (non-hydrogen) atoms. The maximum atomic E-state index is 12.1. The van der Waals surface area contributed by atoms with Gasteiger partial charge in [-0.05, 0) is 104 Å². The van der Waals surface area contributed by atoms with E-state index in [1.807, 2.05) is 0 Å². The predicted octanol–water partition coefficient (Wildman–Crippen LogP) is 3.25. The van der Waals surface area contributed by atoms with Crippen molar-refractivity contribution in [3.05, 3.63) is 0 Å². The van der Waals surface area contributed by atoms with Gasteiger partial charge in [0.1, 0.15) is 18.8 Å². The van der Waals surface area contributed by atoms with Crippen molar-refractivity contribution in [1.29, 1.82) is 0 Å². The van der Waals surface area contributed by atoms with E-state index in [0.717, 1.165) is 38.5 Å². The molecule has 4 rings (SSSR count). The van der Waals surface area contributed by atoms with Crippen molar-refractivity contribution in [3.8, 4) is 0 Å². The molecular weight excluding hydrogens is 566 g/mol. The molecule has 0 bridgehead atoms. The first-order valence-corrected chi connectivity index (χ1v) is 17.0. The average molecular weight is 610 g/mol. The Morgan fingerprint density at radius 2 is 1.55 bits per heavy atom. The molecule has 230 valence electrons. The Hall–Kier alpha value is -1.32. The van der Waals surface area contributed by atoms with E-state index in [4.69, 9.17) is 13.5 Å². The molecule has 4 aliphatic carbocycles. The molecule has 4 N–H and O–H groups in total. The van der Waals surface area contributed by atoms with Crippen LogP contribution < -0.4 is 5.32 Å². The molecule has 0 saturated heterocycles. The number of carboxylic acids is 1. The number of carboxylic acid groups (broad SMARTS) is 1. The van der Waals surface area contributed by atoms with Gasteiger partial charge in [0.05, 0.1) is 0 Å². The van der Waals surface area contributed by atoms with E-state index in [1.54, 1.807) is 0 Å². The van der Waals surface area contributed by atoms with Crippen molar-refractivity contribution < 1.29 is 49.0 Å². The summed E-state index contributed by atoms with van der Waals surface area (Å²) in [5.74, 6) is 0.597. The van der Waals surface area contributed by atoms with Gasteiger partial charge in [-0.1, -0.05) is 20.8 Å². The molecule has 14 heteroatoms. The van der Waals surface area contributed by atoms with Crippen LogP contribution in [0.25, 0.3) is 0 Å². The van der Waals surface area contributed by atoms with Gasteiger partial charge in [0, 0.05) is 6.42 Å². The summed E-state index contributed by atoms with van der Waals surface area (Å²) < 4.78 is 74.7. The monoisotopic (exact) mass is 609 g/mol. The van der Waals surface area contributed by atoms with E-state index in [0.29, 0.717) is 36.5 Å². The van der Waals surface area contributed by atoms with Crippen LogP contribution in [0.4, 0.5) is 0 Å². The highest BCUT2D eigenvalue weighted by Gasteiger charge is 2.62. The number of aliphatic carboxylic acids is 1. The van der Waals surface area contributed by atoms with Crippen molar-refractivity contribution >= 4 is 32.7 Å². The van der Waals surface area contributed by atoms with Crippen LogP contribution in [0.5, 0.6) is 0 Å². The van der Waals surface area contributed by atoms with Gasteiger partial charge in [-0.25, -0.2) is 8.37 Å². The number of hydrogen-bond donors (Lipinski definition) is 4. The molecule has 4 saturated carbocycles. The van der Waals surface area contributed by atoms with Crippen LogP contribution >= 0.6 is 0 Å².